The van der Waals surface area contributed by atoms with Gasteiger partial charge >= 0.3 is 23.7 Å². The van der Waals surface area contributed by atoms with Crippen LogP contribution in [0.15, 0.2) is 72.8 Å². The Labute approximate surface area is 186 Å². The molecular formula is C22H14F8O4. The fourth-order valence-corrected chi connectivity index (χ4v) is 2.52. The van der Waals surface area contributed by atoms with Crippen LogP contribution in [0, 0.1) is 0 Å². The Morgan fingerprint density at radius 1 is 0.559 bits per heavy atom. The van der Waals surface area contributed by atoms with E-state index in [0.717, 1.165) is 24.3 Å². The lowest BCUT2D eigenvalue weighted by Gasteiger charge is -2.34. The first-order valence-corrected chi connectivity index (χ1v) is 9.09. The smallest absolute Gasteiger partial charge is 0.386 e. The third-order valence-electron chi connectivity index (χ3n) is 4.48. The van der Waals surface area contributed by atoms with Crippen molar-refractivity contribution in [3.8, 4) is 0 Å². The van der Waals surface area contributed by atoms with Crippen molar-refractivity contribution in [3.63, 3.8) is 0 Å². The number of allylic oxidation sites excluding steroid dienone is 2. The van der Waals surface area contributed by atoms with Crippen molar-refractivity contribution in [2.75, 3.05) is 0 Å². The molecule has 0 aliphatic rings. The molecule has 0 saturated heterocycles. The molecule has 4 nitrogen and oxygen atoms in total. The van der Waals surface area contributed by atoms with E-state index in [9.17, 15) is 54.9 Å². The van der Waals surface area contributed by atoms with Gasteiger partial charge in [-0.3, -0.25) is 9.59 Å². The number of benzene rings is 2. The Balaban J connectivity index is 2.41. The van der Waals surface area contributed by atoms with E-state index >= 15 is 0 Å². The predicted molar refractivity (Wildman–Crippen MR) is 104 cm³/mol. The molecule has 2 N–H and O–H groups in total. The van der Waals surface area contributed by atoms with Crippen molar-refractivity contribution in [1.29, 1.82) is 0 Å². The molecule has 12 heteroatoms. The number of hydrogen-bond donors (Lipinski definition) is 2. The SMILES string of the molecule is O=C(C=C(O)c1ccccc1)C(F)(F)C(F)(F)C(F)(F)C(F)(F)C(=O)C=C(O)c1ccccc1. The van der Waals surface area contributed by atoms with Crippen LogP contribution in [0.2, 0.25) is 0 Å². The topological polar surface area (TPSA) is 74.6 Å². The van der Waals surface area contributed by atoms with Crippen molar-refractivity contribution in [2.45, 2.75) is 23.7 Å². The van der Waals surface area contributed by atoms with Crippen molar-refractivity contribution in [2.24, 2.45) is 0 Å². The number of halogens is 8. The first-order valence-electron chi connectivity index (χ1n) is 9.09. The van der Waals surface area contributed by atoms with Crippen LogP contribution in [0.25, 0.3) is 11.5 Å². The van der Waals surface area contributed by atoms with Gasteiger partial charge in [0.05, 0.1) is 0 Å². The van der Waals surface area contributed by atoms with Gasteiger partial charge in [0.15, 0.2) is 0 Å². The first kappa shape index (κ1) is 26.6. The van der Waals surface area contributed by atoms with Gasteiger partial charge in [-0.2, -0.15) is 35.1 Å². The number of ketones is 2. The van der Waals surface area contributed by atoms with Crippen LogP contribution in [0.1, 0.15) is 11.1 Å². The van der Waals surface area contributed by atoms with Crippen molar-refractivity contribution in [3.05, 3.63) is 83.9 Å². The summed E-state index contributed by atoms with van der Waals surface area (Å²) in [7, 11) is 0. The highest BCUT2D eigenvalue weighted by Gasteiger charge is 2.83. The maximum atomic E-state index is 14.1. The summed E-state index contributed by atoms with van der Waals surface area (Å²) in [5, 5.41) is 19.2. The number of aliphatic hydroxyl groups is 2. The minimum atomic E-state index is -7.10. The second-order valence-electron chi connectivity index (χ2n) is 6.82. The third-order valence-corrected chi connectivity index (χ3v) is 4.48. The van der Waals surface area contributed by atoms with Gasteiger partial charge in [0.25, 0.3) is 0 Å². The van der Waals surface area contributed by atoms with Crippen LogP contribution >= 0.6 is 0 Å². The van der Waals surface area contributed by atoms with Crippen LogP contribution in [0.3, 0.4) is 0 Å². The number of hydrogen-bond acceptors (Lipinski definition) is 4. The van der Waals surface area contributed by atoms with Gasteiger partial charge in [-0.25, -0.2) is 0 Å². The quantitative estimate of drug-likeness (QED) is 0.260. The zero-order chi connectivity index (χ0) is 25.9. The summed E-state index contributed by atoms with van der Waals surface area (Å²) in [6.45, 7) is 0. The van der Waals surface area contributed by atoms with E-state index in [0.29, 0.717) is 0 Å². The maximum Gasteiger partial charge on any atom is 0.386 e. The molecule has 0 aromatic heterocycles. The van der Waals surface area contributed by atoms with Crippen LogP contribution in [0.5, 0.6) is 0 Å². The summed E-state index contributed by atoms with van der Waals surface area (Å²) in [4.78, 5) is 23.2. The summed E-state index contributed by atoms with van der Waals surface area (Å²) < 4.78 is 112. The van der Waals surface area contributed by atoms with Crippen LogP contribution in [0.4, 0.5) is 35.1 Å². The first-order chi connectivity index (χ1) is 15.6. The third kappa shape index (κ3) is 4.66. The fourth-order valence-electron chi connectivity index (χ4n) is 2.52. The Kier molecular flexibility index (Phi) is 7.24. The molecule has 34 heavy (non-hydrogen) atoms. The second kappa shape index (κ2) is 9.27. The molecule has 0 aliphatic carbocycles. The molecule has 2 aromatic rings. The lowest BCUT2D eigenvalue weighted by atomic mass is 9.92. The zero-order valence-corrected chi connectivity index (χ0v) is 16.7. The van der Waals surface area contributed by atoms with Gasteiger partial charge in [0.1, 0.15) is 11.5 Å². The molecule has 0 unspecified atom stereocenters. The molecule has 0 radical (unpaired) electrons. The van der Waals surface area contributed by atoms with Crippen molar-refractivity contribution in [1.82, 2.24) is 0 Å². The molecule has 0 fully saturated rings. The van der Waals surface area contributed by atoms with Gasteiger partial charge in [0.2, 0.25) is 11.6 Å². The summed E-state index contributed by atoms with van der Waals surface area (Å²) in [6, 6.07) is 11.9. The number of carbonyl (C=O) groups is 2. The predicted octanol–water partition coefficient (Wildman–Crippen LogP) is 5.86. The van der Waals surface area contributed by atoms with Crippen molar-refractivity contribution < 1.29 is 54.9 Å². The Morgan fingerprint density at radius 3 is 1.09 bits per heavy atom. The van der Waals surface area contributed by atoms with E-state index in [1.54, 1.807) is 0 Å². The van der Waals surface area contributed by atoms with E-state index in [4.69, 9.17) is 0 Å². The lowest BCUT2D eigenvalue weighted by molar-refractivity contribution is -0.345. The average molecular weight is 494 g/mol. The Bertz CT molecular complexity index is 1020. The monoisotopic (exact) mass is 494 g/mol. The van der Waals surface area contributed by atoms with Crippen LogP contribution in [-0.4, -0.2) is 45.5 Å². The van der Waals surface area contributed by atoms with Gasteiger partial charge in [-0.1, -0.05) is 60.7 Å². The molecule has 0 atom stereocenters. The minimum Gasteiger partial charge on any atom is -0.507 e. The molecule has 0 spiro atoms. The molecule has 2 rings (SSSR count). The Hall–Kier alpha value is -3.70. The molecule has 0 bridgehead atoms. The second-order valence-corrected chi connectivity index (χ2v) is 6.82. The molecule has 0 aliphatic heterocycles. The number of carbonyl (C=O) groups excluding carboxylic acids is 2. The molecule has 0 amide bonds. The number of rotatable bonds is 9. The average Bonchev–Trinajstić information content (AvgIpc) is 2.79. The highest BCUT2D eigenvalue weighted by molar-refractivity contribution is 6.03. The van der Waals surface area contributed by atoms with E-state index in [-0.39, 0.29) is 11.1 Å². The van der Waals surface area contributed by atoms with Gasteiger partial charge in [-0.15, -0.1) is 0 Å². The van der Waals surface area contributed by atoms with E-state index in [2.05, 4.69) is 0 Å². The highest BCUT2D eigenvalue weighted by atomic mass is 19.4. The van der Waals surface area contributed by atoms with Crippen LogP contribution in [-0.2, 0) is 9.59 Å². The largest absolute Gasteiger partial charge is 0.507 e. The summed E-state index contributed by atoms with van der Waals surface area (Å²) in [5.74, 6) is -36.1. The van der Waals surface area contributed by atoms with Gasteiger partial charge in [0, 0.05) is 23.3 Å². The molecule has 182 valence electrons. The summed E-state index contributed by atoms with van der Waals surface area (Å²) in [5.41, 5.74) is -0.687. The summed E-state index contributed by atoms with van der Waals surface area (Å²) in [6.07, 6.45) is -1.05. The fraction of sp³-hybridized carbons (Fsp3) is 0.182. The zero-order valence-electron chi connectivity index (χ0n) is 16.7. The van der Waals surface area contributed by atoms with E-state index in [1.165, 1.54) is 36.4 Å². The minimum absolute atomic E-state index is 0.344. The highest BCUT2D eigenvalue weighted by Crippen LogP contribution is 2.53. The normalized spacial score (nSPS) is 14.1. The molecular weight excluding hydrogens is 480 g/mol. The number of aliphatic hydroxyl groups excluding tert-OH is 2. The van der Waals surface area contributed by atoms with E-state index in [1.807, 2.05) is 0 Å². The number of alkyl halides is 8. The summed E-state index contributed by atoms with van der Waals surface area (Å²) >= 11 is 0. The van der Waals surface area contributed by atoms with Crippen molar-refractivity contribution >= 4 is 23.1 Å². The van der Waals surface area contributed by atoms with E-state index < -0.39 is 58.9 Å². The molecule has 2 aromatic carbocycles. The maximum absolute atomic E-state index is 14.1. The molecule has 0 heterocycles. The lowest BCUT2D eigenvalue weighted by Crippen LogP contribution is -2.66. The van der Waals surface area contributed by atoms with Gasteiger partial charge in [-0.05, 0) is 0 Å². The van der Waals surface area contributed by atoms with Gasteiger partial charge < -0.3 is 10.2 Å². The van der Waals surface area contributed by atoms with Crippen LogP contribution < -0.4 is 0 Å². The Morgan fingerprint density at radius 2 is 0.824 bits per heavy atom. The molecule has 0 saturated carbocycles. The standard InChI is InChI=1S/C22H14F8O4/c23-19(24,17(33)11-15(31)13-7-3-1-4-8-13)21(27,28)22(29,30)20(25,26)18(34)12-16(32)14-9-5-2-6-10-14/h1-12,31-32H.